The van der Waals surface area contributed by atoms with Gasteiger partial charge in [0, 0.05) is 37.4 Å². The van der Waals surface area contributed by atoms with Crippen LogP contribution < -0.4 is 21.5 Å². The zero-order chi connectivity index (χ0) is 30.8. The predicted molar refractivity (Wildman–Crippen MR) is 163 cm³/mol. The molecule has 1 N–H and O–H groups in total. The highest BCUT2D eigenvalue weighted by atomic mass is 16.6. The van der Waals surface area contributed by atoms with Gasteiger partial charge in [-0.25, -0.2) is 19.6 Å². The molecule has 12 nitrogen and oxygen atoms in total. The number of piperidine rings is 1. The molecular formula is C30H38N8O4. The molecule has 1 unspecified atom stereocenters. The lowest BCUT2D eigenvalue weighted by Gasteiger charge is -2.34. The molecule has 1 amide bonds. The monoisotopic (exact) mass is 574 g/mol. The second-order valence-corrected chi connectivity index (χ2v) is 11.2. The molecule has 1 fully saturated rings. The lowest BCUT2D eigenvalue weighted by Crippen LogP contribution is -2.49. The van der Waals surface area contributed by atoms with Gasteiger partial charge in [-0.3, -0.25) is 18.5 Å². The van der Waals surface area contributed by atoms with Gasteiger partial charge in [0.2, 0.25) is 5.95 Å². The van der Waals surface area contributed by atoms with Crippen LogP contribution in [0.5, 0.6) is 0 Å². The fourth-order valence-corrected chi connectivity index (χ4v) is 5.08. The van der Waals surface area contributed by atoms with Gasteiger partial charge in [-0.15, -0.1) is 5.92 Å². The van der Waals surface area contributed by atoms with Crippen LogP contribution in [0.1, 0.15) is 63.3 Å². The van der Waals surface area contributed by atoms with E-state index < -0.39 is 22.9 Å². The van der Waals surface area contributed by atoms with E-state index in [2.05, 4.69) is 40.3 Å². The molecule has 0 aromatic carbocycles. The van der Waals surface area contributed by atoms with Crippen molar-refractivity contribution in [2.45, 2.75) is 72.2 Å². The van der Waals surface area contributed by atoms with Crippen molar-refractivity contribution in [1.82, 2.24) is 34.0 Å². The highest BCUT2D eigenvalue weighted by molar-refractivity contribution is 5.75. The van der Waals surface area contributed by atoms with E-state index in [1.165, 1.54) is 4.57 Å². The summed E-state index contributed by atoms with van der Waals surface area (Å²) in [4.78, 5) is 55.6. The zero-order valence-electron chi connectivity index (χ0n) is 25.2. The smallest absolute Gasteiger partial charge is 0.407 e. The molecule has 4 rings (SSSR count). The molecule has 1 saturated heterocycles. The van der Waals surface area contributed by atoms with Crippen molar-refractivity contribution < 1.29 is 9.53 Å². The fraction of sp³-hybridized carbons (Fsp3) is 0.467. The Bertz CT molecular complexity index is 1730. The van der Waals surface area contributed by atoms with Crippen LogP contribution in [0.3, 0.4) is 0 Å². The molecule has 3 aromatic rings. The van der Waals surface area contributed by atoms with Gasteiger partial charge in [-0.2, -0.15) is 4.98 Å². The Morgan fingerprint density at radius 3 is 2.55 bits per heavy atom. The topological polar surface area (TPSA) is 129 Å². The van der Waals surface area contributed by atoms with Crippen molar-refractivity contribution in [1.29, 1.82) is 0 Å². The van der Waals surface area contributed by atoms with E-state index in [-0.39, 0.29) is 30.3 Å². The molecule has 1 atom stereocenters. The highest BCUT2D eigenvalue weighted by Gasteiger charge is 2.29. The average Bonchev–Trinajstić information content (AvgIpc) is 3.31. The van der Waals surface area contributed by atoms with E-state index in [1.54, 1.807) is 30.7 Å². The van der Waals surface area contributed by atoms with Crippen LogP contribution >= 0.6 is 0 Å². The first-order valence-electron chi connectivity index (χ1n) is 13.8. The summed E-state index contributed by atoms with van der Waals surface area (Å²) in [7, 11) is 1.58. The number of carbonyl (C=O) groups is 1. The highest BCUT2D eigenvalue weighted by Crippen LogP contribution is 2.24. The second-order valence-electron chi connectivity index (χ2n) is 11.2. The van der Waals surface area contributed by atoms with Gasteiger partial charge in [-0.1, -0.05) is 25.2 Å². The number of aromatic nitrogens is 6. The molecule has 4 heterocycles. The number of carbonyl (C=O) groups excluding carboxylic acids is 1. The van der Waals surface area contributed by atoms with Crippen LogP contribution in [0.15, 0.2) is 22.7 Å². The number of alkyl carbamates (subject to hydrolysis) is 1. The van der Waals surface area contributed by atoms with Crippen molar-refractivity contribution in [2.24, 2.45) is 7.05 Å². The molecule has 222 valence electrons. The van der Waals surface area contributed by atoms with Crippen LogP contribution in [0.4, 0.5) is 10.7 Å². The van der Waals surface area contributed by atoms with Crippen LogP contribution in [0.25, 0.3) is 23.3 Å². The third-order valence-electron chi connectivity index (χ3n) is 6.96. The van der Waals surface area contributed by atoms with E-state index in [0.717, 1.165) is 23.0 Å². The maximum atomic E-state index is 13.9. The first-order chi connectivity index (χ1) is 19.9. The number of rotatable bonds is 7. The first kappa shape index (κ1) is 30.3. The van der Waals surface area contributed by atoms with Crippen LogP contribution in [-0.2, 0) is 24.9 Å². The molecule has 1 aliphatic heterocycles. The fourth-order valence-electron chi connectivity index (χ4n) is 5.08. The second kappa shape index (κ2) is 12.1. The van der Waals surface area contributed by atoms with Gasteiger partial charge >= 0.3 is 11.8 Å². The number of nitrogens with one attached hydrogen (secondary N) is 1. The molecule has 3 aromatic heterocycles. The Kier molecular flexibility index (Phi) is 8.70. The number of hydrogen-bond donors (Lipinski definition) is 1. The summed E-state index contributed by atoms with van der Waals surface area (Å²) in [6, 6.07) is -0.183. The minimum absolute atomic E-state index is 0.133. The number of amides is 1. The van der Waals surface area contributed by atoms with Crippen LogP contribution in [-0.4, -0.2) is 59.5 Å². The predicted octanol–water partition coefficient (Wildman–Crippen LogP) is 2.85. The SMILES string of the molecule is C=Cc1nc(Cn2c(=O)c3c(nc(N4CCCC(NC(=O)OC(C)(C)C)C4)n3CC#CC)n(C)c2=O)nc(C)c1C=C. The summed E-state index contributed by atoms with van der Waals surface area (Å²) in [5.74, 6) is 6.72. The van der Waals surface area contributed by atoms with Crippen molar-refractivity contribution >= 4 is 35.4 Å². The van der Waals surface area contributed by atoms with Crippen LogP contribution in [0.2, 0.25) is 0 Å². The molecule has 0 bridgehead atoms. The van der Waals surface area contributed by atoms with Gasteiger partial charge < -0.3 is 15.0 Å². The number of nitrogens with zero attached hydrogens (tertiary/aromatic N) is 7. The van der Waals surface area contributed by atoms with E-state index in [1.807, 2.05) is 32.6 Å². The van der Waals surface area contributed by atoms with E-state index in [0.29, 0.717) is 36.3 Å². The Morgan fingerprint density at radius 1 is 1.17 bits per heavy atom. The number of fused-ring (bicyclic) bond motifs is 1. The number of anilines is 1. The minimum Gasteiger partial charge on any atom is -0.444 e. The van der Waals surface area contributed by atoms with Gasteiger partial charge in [0.1, 0.15) is 11.4 Å². The number of aryl methyl sites for hydroxylation is 2. The lowest BCUT2D eigenvalue weighted by molar-refractivity contribution is 0.0499. The Labute approximate surface area is 244 Å². The Hall–Kier alpha value is -4.66. The van der Waals surface area contributed by atoms with E-state index >= 15 is 0 Å². The third-order valence-corrected chi connectivity index (χ3v) is 6.96. The summed E-state index contributed by atoms with van der Waals surface area (Å²) in [5.41, 5.74) is 0.821. The molecule has 0 saturated carbocycles. The molecule has 42 heavy (non-hydrogen) atoms. The largest absolute Gasteiger partial charge is 0.444 e. The number of ether oxygens (including phenoxy) is 1. The molecule has 0 aliphatic carbocycles. The van der Waals surface area contributed by atoms with Gasteiger partial charge in [0.15, 0.2) is 11.2 Å². The van der Waals surface area contributed by atoms with Gasteiger partial charge in [0.05, 0.1) is 18.8 Å². The molecule has 1 aliphatic rings. The Morgan fingerprint density at radius 2 is 1.90 bits per heavy atom. The normalized spacial score (nSPS) is 15.2. The van der Waals surface area contributed by atoms with E-state index in [9.17, 15) is 14.4 Å². The summed E-state index contributed by atoms with van der Waals surface area (Å²) in [6.07, 6.45) is 4.31. The molecule has 12 heteroatoms. The number of hydrogen-bond acceptors (Lipinski definition) is 8. The third kappa shape index (κ3) is 6.15. The molecule has 0 radical (unpaired) electrons. The molecule has 0 spiro atoms. The van der Waals surface area contributed by atoms with Crippen molar-refractivity contribution in [3.63, 3.8) is 0 Å². The standard InChI is InChI=1S/C30H38N8O4/c1-9-12-16-37-24-25(34-27(37)36-15-13-14-20(17-36)32-28(40)42-30(5,6)7)35(8)29(41)38(26(24)39)18-23-31-19(4)21(10-2)22(11-3)33-23/h10-11,20H,2-3,13-18H2,1,4-8H3,(H,32,40). The lowest BCUT2D eigenvalue weighted by atomic mass is 10.1. The zero-order valence-corrected chi connectivity index (χ0v) is 25.2. The summed E-state index contributed by atoms with van der Waals surface area (Å²) >= 11 is 0. The minimum atomic E-state index is -0.611. The average molecular weight is 575 g/mol. The summed E-state index contributed by atoms with van der Waals surface area (Å²) in [5, 5.41) is 2.95. The quantitative estimate of drug-likeness (QED) is 0.427. The Balaban J connectivity index is 1.78. The molecular weight excluding hydrogens is 536 g/mol. The van der Waals surface area contributed by atoms with Gasteiger partial charge in [0.25, 0.3) is 5.56 Å². The summed E-state index contributed by atoms with van der Waals surface area (Å²) in [6.45, 7) is 17.8. The van der Waals surface area contributed by atoms with Crippen molar-refractivity contribution in [2.75, 3.05) is 18.0 Å². The van der Waals surface area contributed by atoms with Crippen LogP contribution in [0, 0.1) is 18.8 Å². The van der Waals surface area contributed by atoms with E-state index in [4.69, 9.17) is 9.72 Å². The maximum Gasteiger partial charge on any atom is 0.407 e. The first-order valence-corrected chi connectivity index (χ1v) is 13.8. The number of imidazole rings is 1. The van der Waals surface area contributed by atoms with Gasteiger partial charge in [-0.05, 0) is 53.5 Å². The summed E-state index contributed by atoms with van der Waals surface area (Å²) < 4.78 is 9.65. The maximum absolute atomic E-state index is 13.9. The van der Waals surface area contributed by atoms with Crippen molar-refractivity contribution in [3.05, 3.63) is 56.8 Å². The van der Waals surface area contributed by atoms with Crippen molar-refractivity contribution in [3.8, 4) is 11.8 Å².